The molecule has 3 heteroatoms. The van der Waals surface area contributed by atoms with Crippen molar-refractivity contribution in [1.29, 1.82) is 0 Å². The van der Waals surface area contributed by atoms with Gasteiger partial charge < -0.3 is 14.6 Å². The molecule has 0 aliphatic rings. The molecule has 3 nitrogen and oxygen atoms in total. The number of methoxy groups -OCH3 is 1. The van der Waals surface area contributed by atoms with Crippen LogP contribution in [0.4, 0.5) is 0 Å². The maximum Gasteiger partial charge on any atom is 0.118 e. The number of aliphatic carboxylic acids is 1. The summed E-state index contributed by atoms with van der Waals surface area (Å²) in [6.07, 6.45) is 1.56. The Morgan fingerprint density at radius 3 is 2.53 bits per heavy atom. The molecule has 0 aromatic heterocycles. The quantitative estimate of drug-likeness (QED) is 0.676. The van der Waals surface area contributed by atoms with Crippen LogP contribution in [0.15, 0.2) is 36.9 Å². The van der Waals surface area contributed by atoms with E-state index in [2.05, 4.69) is 6.58 Å². The van der Waals surface area contributed by atoms with Crippen molar-refractivity contribution >= 4 is 5.97 Å². The number of benzene rings is 1. The van der Waals surface area contributed by atoms with E-state index in [9.17, 15) is 9.90 Å². The van der Waals surface area contributed by atoms with Crippen molar-refractivity contribution in [2.45, 2.75) is 12.3 Å². The van der Waals surface area contributed by atoms with Gasteiger partial charge in [0, 0.05) is 11.9 Å². The fourth-order valence-corrected chi connectivity index (χ4v) is 1.37. The summed E-state index contributed by atoms with van der Waals surface area (Å²) < 4.78 is 5.01. The Morgan fingerprint density at radius 2 is 2.13 bits per heavy atom. The molecular formula is C12H13O3-. The van der Waals surface area contributed by atoms with Crippen molar-refractivity contribution in [1.82, 2.24) is 0 Å². The third-order valence-corrected chi connectivity index (χ3v) is 2.22. The number of carbonyl (C=O) groups is 1. The second-order valence-electron chi connectivity index (χ2n) is 3.19. The number of allylic oxidation sites excluding steroid dienone is 1. The van der Waals surface area contributed by atoms with Gasteiger partial charge in [-0.3, -0.25) is 0 Å². The molecule has 1 atom stereocenters. The van der Waals surface area contributed by atoms with E-state index >= 15 is 0 Å². The Labute approximate surface area is 89.0 Å². The van der Waals surface area contributed by atoms with Crippen LogP contribution in [0.25, 0.3) is 0 Å². The third-order valence-electron chi connectivity index (χ3n) is 2.22. The predicted octanol–water partition coefficient (Wildman–Crippen LogP) is 1.10. The van der Waals surface area contributed by atoms with Gasteiger partial charge in [0.25, 0.3) is 0 Å². The van der Waals surface area contributed by atoms with Crippen molar-refractivity contribution in [3.63, 3.8) is 0 Å². The fourth-order valence-electron chi connectivity index (χ4n) is 1.37. The summed E-state index contributed by atoms with van der Waals surface area (Å²) in [6.45, 7) is 3.61. The maximum atomic E-state index is 10.5. The van der Waals surface area contributed by atoms with E-state index in [1.54, 1.807) is 25.3 Å². The van der Waals surface area contributed by atoms with Crippen LogP contribution in [0.2, 0.25) is 0 Å². The molecule has 1 rings (SSSR count). The molecule has 0 saturated carbocycles. The van der Waals surface area contributed by atoms with Crippen molar-refractivity contribution in [3.8, 4) is 5.75 Å². The van der Waals surface area contributed by atoms with E-state index in [4.69, 9.17) is 4.74 Å². The van der Waals surface area contributed by atoms with Crippen LogP contribution in [-0.4, -0.2) is 13.1 Å². The highest BCUT2D eigenvalue weighted by molar-refractivity contribution is 5.66. The lowest BCUT2D eigenvalue weighted by molar-refractivity contribution is -0.305. The zero-order valence-corrected chi connectivity index (χ0v) is 8.60. The van der Waals surface area contributed by atoms with Gasteiger partial charge in [-0.15, -0.1) is 6.58 Å². The molecule has 15 heavy (non-hydrogen) atoms. The van der Waals surface area contributed by atoms with Crippen LogP contribution in [0.3, 0.4) is 0 Å². The van der Waals surface area contributed by atoms with Gasteiger partial charge in [-0.1, -0.05) is 18.2 Å². The minimum atomic E-state index is -1.07. The van der Waals surface area contributed by atoms with E-state index in [1.807, 2.05) is 12.1 Å². The maximum absolute atomic E-state index is 10.5. The Hall–Kier alpha value is -1.77. The van der Waals surface area contributed by atoms with Gasteiger partial charge in [0.15, 0.2) is 0 Å². The lowest BCUT2D eigenvalue weighted by Crippen LogP contribution is -2.23. The first-order valence-corrected chi connectivity index (χ1v) is 4.63. The number of carbonyl (C=O) groups excluding carboxylic acids is 1. The number of carboxylic acids is 1. The van der Waals surface area contributed by atoms with E-state index in [1.165, 1.54) is 0 Å². The lowest BCUT2D eigenvalue weighted by Gasteiger charge is -2.13. The number of rotatable bonds is 5. The summed E-state index contributed by atoms with van der Waals surface area (Å²) in [6, 6.07) is 7.24. The van der Waals surface area contributed by atoms with Crippen molar-refractivity contribution < 1.29 is 14.6 Å². The van der Waals surface area contributed by atoms with Gasteiger partial charge in [0.2, 0.25) is 0 Å². The van der Waals surface area contributed by atoms with E-state index in [0.29, 0.717) is 0 Å². The van der Waals surface area contributed by atoms with Gasteiger partial charge in [0.1, 0.15) is 5.75 Å². The van der Waals surface area contributed by atoms with Crippen molar-refractivity contribution in [2.24, 2.45) is 0 Å². The monoisotopic (exact) mass is 205 g/mol. The van der Waals surface area contributed by atoms with Gasteiger partial charge in [-0.05, 0) is 24.1 Å². The summed E-state index contributed by atoms with van der Waals surface area (Å²) in [5, 5.41) is 10.5. The molecule has 0 amide bonds. The van der Waals surface area contributed by atoms with Crippen molar-refractivity contribution in [2.75, 3.05) is 7.11 Å². The van der Waals surface area contributed by atoms with E-state index in [0.717, 1.165) is 11.3 Å². The molecule has 0 aliphatic heterocycles. The molecule has 0 fully saturated rings. The topological polar surface area (TPSA) is 49.4 Å². The molecular weight excluding hydrogens is 192 g/mol. The van der Waals surface area contributed by atoms with Crippen LogP contribution in [0, 0.1) is 0 Å². The molecule has 1 aromatic rings. The number of hydrogen-bond acceptors (Lipinski definition) is 3. The highest BCUT2D eigenvalue weighted by Gasteiger charge is 2.07. The molecule has 1 aromatic carbocycles. The van der Waals surface area contributed by atoms with Crippen LogP contribution >= 0.6 is 0 Å². The Balaban J connectivity index is 2.82. The first-order chi connectivity index (χ1) is 7.17. The number of carboxylic acid groups (broad SMARTS) is 1. The Morgan fingerprint density at radius 1 is 1.53 bits per heavy atom. The standard InChI is InChI=1S/C12H14O3/c1-3-9(8-12(13)14)10-4-6-11(15-2)7-5-10/h3-7,9H,1,8H2,2H3,(H,13,14)/p-1/t9-/m0/s1. The summed E-state index contributed by atoms with van der Waals surface area (Å²) >= 11 is 0. The van der Waals surface area contributed by atoms with Crippen LogP contribution in [0.1, 0.15) is 17.9 Å². The second kappa shape index (κ2) is 5.20. The van der Waals surface area contributed by atoms with Crippen LogP contribution < -0.4 is 9.84 Å². The smallest absolute Gasteiger partial charge is 0.118 e. The summed E-state index contributed by atoms with van der Waals surface area (Å²) in [7, 11) is 1.58. The van der Waals surface area contributed by atoms with Crippen LogP contribution in [-0.2, 0) is 4.79 Å². The number of hydrogen-bond donors (Lipinski definition) is 0. The summed E-state index contributed by atoms with van der Waals surface area (Å²) in [5.41, 5.74) is 0.898. The predicted molar refractivity (Wildman–Crippen MR) is 55.6 cm³/mol. The highest BCUT2D eigenvalue weighted by Crippen LogP contribution is 2.22. The summed E-state index contributed by atoms with van der Waals surface area (Å²) in [4.78, 5) is 10.5. The molecule has 0 unspecified atom stereocenters. The molecule has 0 saturated heterocycles. The van der Waals surface area contributed by atoms with Gasteiger partial charge in [-0.2, -0.15) is 0 Å². The Bertz CT molecular complexity index is 340. The fraction of sp³-hybridized carbons (Fsp3) is 0.250. The average molecular weight is 205 g/mol. The van der Waals surface area contributed by atoms with Crippen LogP contribution in [0.5, 0.6) is 5.75 Å². The number of ether oxygens (including phenoxy) is 1. The van der Waals surface area contributed by atoms with Gasteiger partial charge in [0.05, 0.1) is 7.11 Å². The average Bonchev–Trinajstić information content (AvgIpc) is 2.26. The SMILES string of the molecule is C=C[C@@H](CC(=O)[O-])c1ccc(OC)cc1. The molecule has 0 aliphatic carbocycles. The Kier molecular flexibility index (Phi) is 3.92. The normalized spacial score (nSPS) is 11.8. The van der Waals surface area contributed by atoms with E-state index < -0.39 is 5.97 Å². The zero-order chi connectivity index (χ0) is 11.3. The summed E-state index contributed by atoms with van der Waals surface area (Å²) in [5.74, 6) is -0.536. The zero-order valence-electron chi connectivity index (χ0n) is 8.60. The third kappa shape index (κ3) is 3.13. The second-order valence-corrected chi connectivity index (χ2v) is 3.19. The minimum Gasteiger partial charge on any atom is -0.550 e. The molecule has 0 radical (unpaired) electrons. The van der Waals surface area contributed by atoms with E-state index in [-0.39, 0.29) is 12.3 Å². The largest absolute Gasteiger partial charge is 0.550 e. The molecule has 0 bridgehead atoms. The molecule has 0 spiro atoms. The molecule has 0 N–H and O–H groups in total. The lowest BCUT2D eigenvalue weighted by atomic mass is 9.96. The van der Waals surface area contributed by atoms with Crippen molar-refractivity contribution in [3.05, 3.63) is 42.5 Å². The van der Waals surface area contributed by atoms with Gasteiger partial charge in [-0.25, -0.2) is 0 Å². The molecule has 80 valence electrons. The first-order valence-electron chi connectivity index (χ1n) is 4.63. The first kappa shape index (κ1) is 11.3. The van der Waals surface area contributed by atoms with Gasteiger partial charge >= 0.3 is 0 Å². The molecule has 0 heterocycles. The highest BCUT2D eigenvalue weighted by atomic mass is 16.5. The minimum absolute atomic E-state index is 0.0458.